The summed E-state index contributed by atoms with van der Waals surface area (Å²) in [4.78, 5) is 17.5. The van der Waals surface area contributed by atoms with Gasteiger partial charge in [-0.15, -0.1) is 5.10 Å². The average molecular weight is 292 g/mol. The van der Waals surface area contributed by atoms with Gasteiger partial charge in [0.15, 0.2) is 0 Å². The minimum atomic E-state index is -1.93. The van der Waals surface area contributed by atoms with Gasteiger partial charge in [0.05, 0.1) is 25.6 Å². The van der Waals surface area contributed by atoms with Crippen molar-refractivity contribution in [2.75, 3.05) is 19.2 Å². The second-order valence-corrected chi connectivity index (χ2v) is 4.35. The summed E-state index contributed by atoms with van der Waals surface area (Å²) in [6.07, 6.45) is 0. The number of amides is 1. The zero-order chi connectivity index (χ0) is 15.6. The highest BCUT2D eigenvalue weighted by molar-refractivity contribution is 6.34. The Hall–Kier alpha value is -2.29. The molecular weight excluding hydrogens is 276 g/mol. The lowest BCUT2D eigenvalue weighted by atomic mass is 9.94. The van der Waals surface area contributed by atoms with Crippen molar-refractivity contribution in [1.29, 1.82) is 5.41 Å². The third kappa shape index (κ3) is 2.09. The highest BCUT2D eigenvalue weighted by atomic mass is 16.9. The van der Waals surface area contributed by atoms with Crippen molar-refractivity contribution in [3.8, 4) is 0 Å². The van der Waals surface area contributed by atoms with Gasteiger partial charge in [-0.3, -0.25) is 14.8 Å². The van der Waals surface area contributed by atoms with E-state index in [1.165, 1.54) is 21.1 Å². The first kappa shape index (κ1) is 15.1. The maximum absolute atomic E-state index is 12.7. The van der Waals surface area contributed by atoms with Crippen LogP contribution < -0.4 is 5.01 Å². The Bertz CT molecular complexity index is 589. The Morgan fingerprint density at radius 1 is 1.38 bits per heavy atom. The number of ether oxygens (including phenoxy) is 1. The summed E-state index contributed by atoms with van der Waals surface area (Å²) in [7, 11) is 2.48. The normalized spacial score (nSPS) is 21.7. The lowest BCUT2D eigenvalue weighted by Gasteiger charge is -2.31. The van der Waals surface area contributed by atoms with Crippen molar-refractivity contribution in [1.82, 2.24) is 5.23 Å². The number of para-hydroxylation sites is 1. The van der Waals surface area contributed by atoms with Crippen LogP contribution in [0.1, 0.15) is 6.92 Å². The summed E-state index contributed by atoms with van der Waals surface area (Å²) in [5.74, 6) is -0.810. The van der Waals surface area contributed by atoms with E-state index in [1.54, 1.807) is 30.3 Å². The van der Waals surface area contributed by atoms with Gasteiger partial charge in [0.25, 0.3) is 11.4 Å². The molecular formula is C13H16N4O4. The van der Waals surface area contributed by atoms with Crippen molar-refractivity contribution in [3.05, 3.63) is 30.3 Å². The lowest BCUT2D eigenvalue weighted by Crippen LogP contribution is -2.63. The second kappa shape index (κ2) is 5.60. The zero-order valence-electron chi connectivity index (χ0n) is 11.9. The van der Waals surface area contributed by atoms with E-state index in [4.69, 9.17) is 15.0 Å². The van der Waals surface area contributed by atoms with Crippen LogP contribution in [0.4, 0.5) is 5.69 Å². The molecule has 1 aliphatic heterocycles. The number of hydrogen-bond acceptors (Lipinski definition) is 7. The van der Waals surface area contributed by atoms with E-state index >= 15 is 0 Å². The van der Waals surface area contributed by atoms with Crippen molar-refractivity contribution in [2.45, 2.75) is 12.5 Å². The summed E-state index contributed by atoms with van der Waals surface area (Å²) in [5, 5.41) is 23.3. The molecule has 0 saturated heterocycles. The number of methoxy groups -OCH3 is 1. The fourth-order valence-corrected chi connectivity index (χ4v) is 2.15. The molecule has 1 amide bonds. The summed E-state index contributed by atoms with van der Waals surface area (Å²) in [6, 6.07) is 8.65. The average Bonchev–Trinajstić information content (AvgIpc) is 2.81. The third-order valence-electron chi connectivity index (χ3n) is 3.20. The molecule has 1 aromatic carbocycles. The predicted octanol–water partition coefficient (Wildman–Crippen LogP) is 1.02. The molecule has 1 atom stereocenters. The number of carbonyl (C=O) groups excluding carboxylic acids is 1. The third-order valence-corrected chi connectivity index (χ3v) is 3.20. The van der Waals surface area contributed by atoms with Crippen LogP contribution in [-0.4, -0.2) is 47.7 Å². The van der Waals surface area contributed by atoms with Gasteiger partial charge in [0.2, 0.25) is 5.90 Å². The lowest BCUT2D eigenvalue weighted by molar-refractivity contribution is -0.343. The maximum atomic E-state index is 12.7. The van der Waals surface area contributed by atoms with E-state index in [1.807, 2.05) is 0 Å². The molecule has 0 aliphatic carbocycles. The van der Waals surface area contributed by atoms with E-state index in [-0.39, 0.29) is 16.8 Å². The Labute approximate surface area is 121 Å². The van der Waals surface area contributed by atoms with E-state index in [9.17, 15) is 10.0 Å². The van der Waals surface area contributed by atoms with Crippen LogP contribution in [-0.2, 0) is 14.4 Å². The quantitative estimate of drug-likeness (QED) is 0.638. The predicted molar refractivity (Wildman–Crippen MR) is 75.1 cm³/mol. The van der Waals surface area contributed by atoms with Gasteiger partial charge in [0, 0.05) is 0 Å². The molecule has 0 bridgehead atoms. The van der Waals surface area contributed by atoms with E-state index in [0.717, 1.165) is 5.01 Å². The maximum Gasteiger partial charge on any atom is 0.288 e. The van der Waals surface area contributed by atoms with Crippen molar-refractivity contribution in [3.63, 3.8) is 0 Å². The minimum absolute atomic E-state index is 0.145. The number of nitrogens with zero attached hydrogens (tertiary/aromatic N) is 3. The molecule has 2 N–H and O–H groups in total. The van der Waals surface area contributed by atoms with Gasteiger partial charge in [-0.2, -0.15) is 5.01 Å². The first-order valence-corrected chi connectivity index (χ1v) is 6.11. The molecule has 0 saturated carbocycles. The summed E-state index contributed by atoms with van der Waals surface area (Å²) in [5.41, 5.74) is -1.63. The van der Waals surface area contributed by atoms with Gasteiger partial charge >= 0.3 is 0 Å². The van der Waals surface area contributed by atoms with E-state index < -0.39 is 11.4 Å². The van der Waals surface area contributed by atoms with Crippen LogP contribution in [0.3, 0.4) is 0 Å². The number of hydrogen-bond donors (Lipinski definition) is 2. The summed E-state index contributed by atoms with van der Waals surface area (Å²) >= 11 is 0. The van der Waals surface area contributed by atoms with Crippen LogP contribution in [0.2, 0.25) is 0 Å². The molecule has 8 nitrogen and oxygen atoms in total. The summed E-state index contributed by atoms with van der Waals surface area (Å²) < 4.78 is 5.10. The van der Waals surface area contributed by atoms with Crippen LogP contribution in [0, 0.1) is 5.41 Å². The monoisotopic (exact) mass is 292 g/mol. The van der Waals surface area contributed by atoms with Gasteiger partial charge in [-0.25, -0.2) is 0 Å². The smallest absolute Gasteiger partial charge is 0.288 e. The Morgan fingerprint density at radius 2 is 2.00 bits per heavy atom. The van der Waals surface area contributed by atoms with Crippen LogP contribution in [0.15, 0.2) is 35.4 Å². The largest absolute Gasteiger partial charge is 0.481 e. The molecule has 0 aromatic heterocycles. The zero-order valence-corrected chi connectivity index (χ0v) is 11.9. The molecule has 0 fully saturated rings. The molecule has 1 unspecified atom stereocenters. The standard InChI is InChI=1S/C13H16N4O4/c1-9(14)13(17(19)21-3)11(20-2)15-16(12(13)18)10-7-5-4-6-8-10/h4-8,14,19H,1-3H3. The fraction of sp³-hybridized carbons (Fsp3) is 0.308. The molecule has 0 spiro atoms. The van der Waals surface area contributed by atoms with Gasteiger partial charge in [0.1, 0.15) is 0 Å². The SMILES string of the molecule is COC1=NN(c2ccccc2)C(=O)C1(C(C)=N)N(O)OC. The molecule has 112 valence electrons. The number of nitrogens with one attached hydrogen (secondary N) is 1. The number of hydrazone groups is 1. The van der Waals surface area contributed by atoms with Crippen LogP contribution in [0.25, 0.3) is 0 Å². The topological polar surface area (TPSA) is 98.5 Å². The van der Waals surface area contributed by atoms with E-state index in [2.05, 4.69) is 5.10 Å². The first-order valence-electron chi connectivity index (χ1n) is 6.11. The fourth-order valence-electron chi connectivity index (χ4n) is 2.15. The molecule has 8 heteroatoms. The van der Waals surface area contributed by atoms with Gasteiger partial charge < -0.3 is 10.1 Å². The molecule has 21 heavy (non-hydrogen) atoms. The Kier molecular flexibility index (Phi) is 4.03. The number of anilines is 1. The Balaban J connectivity index is 2.56. The highest BCUT2D eigenvalue weighted by Crippen LogP contribution is 2.31. The van der Waals surface area contributed by atoms with E-state index in [0.29, 0.717) is 5.69 Å². The Morgan fingerprint density at radius 3 is 2.48 bits per heavy atom. The highest BCUT2D eigenvalue weighted by Gasteiger charge is 2.60. The second-order valence-electron chi connectivity index (χ2n) is 4.35. The molecule has 1 aromatic rings. The molecule has 1 aliphatic rings. The molecule has 0 radical (unpaired) electrons. The number of rotatable bonds is 4. The van der Waals surface area contributed by atoms with Gasteiger partial charge in [-0.05, 0) is 24.3 Å². The van der Waals surface area contributed by atoms with Crippen molar-refractivity contribution < 1.29 is 19.6 Å². The first-order chi connectivity index (χ1) is 9.99. The van der Waals surface area contributed by atoms with Crippen LogP contribution in [0.5, 0.6) is 0 Å². The number of benzene rings is 1. The molecule has 1 heterocycles. The number of hydroxylamine groups is 2. The van der Waals surface area contributed by atoms with Crippen molar-refractivity contribution >= 4 is 23.2 Å². The summed E-state index contributed by atoms with van der Waals surface area (Å²) in [6.45, 7) is 1.36. The number of carbonyl (C=O) groups is 1. The van der Waals surface area contributed by atoms with Gasteiger partial charge in [-0.1, -0.05) is 18.2 Å². The van der Waals surface area contributed by atoms with Crippen molar-refractivity contribution in [2.24, 2.45) is 5.10 Å². The molecule has 2 rings (SSSR count). The minimum Gasteiger partial charge on any atom is -0.481 e. The van der Waals surface area contributed by atoms with Crippen LogP contribution >= 0.6 is 0 Å².